The Hall–Kier alpha value is -2.88. The molecule has 0 aliphatic heterocycles. The Morgan fingerprint density at radius 3 is 2.44 bits per heavy atom. The quantitative estimate of drug-likeness (QED) is 0.368. The van der Waals surface area contributed by atoms with E-state index in [9.17, 15) is 18.5 Å². The van der Waals surface area contributed by atoms with E-state index in [0.717, 1.165) is 9.54 Å². The van der Waals surface area contributed by atoms with Gasteiger partial charge in [-0.15, -0.1) is 0 Å². The molecule has 5 nitrogen and oxygen atoms in total. The minimum Gasteiger partial charge on any atom is -0.286 e. The van der Waals surface area contributed by atoms with Crippen molar-refractivity contribution in [1.82, 2.24) is 3.97 Å². The average molecular weight is 399 g/mol. The van der Waals surface area contributed by atoms with Gasteiger partial charge in [0.15, 0.2) is 0 Å². The van der Waals surface area contributed by atoms with Gasteiger partial charge in [-0.3, -0.25) is 4.79 Å². The minimum absolute atomic E-state index is 0.0404. The summed E-state index contributed by atoms with van der Waals surface area (Å²) in [6.45, 7) is 3.40. The summed E-state index contributed by atoms with van der Waals surface area (Å²) < 4.78 is 27.6. The van der Waals surface area contributed by atoms with Crippen LogP contribution in [0.5, 0.6) is 0 Å². The topological polar surface area (TPSA) is 79.9 Å². The van der Waals surface area contributed by atoms with Crippen LogP contribution in [0.2, 0.25) is 5.02 Å². The Bertz CT molecular complexity index is 1230. The van der Waals surface area contributed by atoms with Crippen molar-refractivity contribution >= 4 is 38.3 Å². The molecule has 0 aliphatic carbocycles. The van der Waals surface area contributed by atoms with Gasteiger partial charge in [0.25, 0.3) is 10.0 Å². The van der Waals surface area contributed by atoms with Crippen LogP contribution >= 0.6 is 11.6 Å². The molecule has 0 bridgehead atoms. The first-order valence-electron chi connectivity index (χ1n) is 8.04. The van der Waals surface area contributed by atoms with Crippen molar-refractivity contribution in [2.75, 3.05) is 0 Å². The van der Waals surface area contributed by atoms with E-state index in [2.05, 4.69) is 0 Å². The van der Waals surface area contributed by atoms with Crippen molar-refractivity contribution in [1.29, 1.82) is 5.26 Å². The van der Waals surface area contributed by atoms with Gasteiger partial charge >= 0.3 is 0 Å². The average Bonchev–Trinajstić information content (AvgIpc) is 3.05. The molecule has 0 fully saturated rings. The maximum Gasteiger partial charge on any atom is 0.268 e. The van der Waals surface area contributed by atoms with Crippen LogP contribution in [-0.2, 0) is 10.0 Å². The second-order valence-corrected chi connectivity index (χ2v) is 8.12. The molecular formula is C20H15ClN2O3S. The summed E-state index contributed by atoms with van der Waals surface area (Å²) in [7, 11) is -4.08. The number of ketones is 1. The smallest absolute Gasteiger partial charge is 0.268 e. The number of benzene rings is 2. The van der Waals surface area contributed by atoms with Crippen LogP contribution < -0.4 is 0 Å². The molecule has 3 rings (SSSR count). The third kappa shape index (κ3) is 3.16. The number of nitrogens with zero attached hydrogens (tertiary/aromatic N) is 2. The molecular weight excluding hydrogens is 384 g/mol. The van der Waals surface area contributed by atoms with Gasteiger partial charge in [0.1, 0.15) is 11.8 Å². The Balaban J connectivity index is 2.39. The number of fused-ring (bicyclic) bond motifs is 1. The number of carbonyl (C=O) groups excluding carboxylic acids is 1. The lowest BCUT2D eigenvalue weighted by atomic mass is 10.1. The summed E-state index contributed by atoms with van der Waals surface area (Å²) in [5.74, 6) is -0.678. The minimum atomic E-state index is -4.08. The van der Waals surface area contributed by atoms with Gasteiger partial charge in [-0.2, -0.15) is 5.26 Å². The van der Waals surface area contributed by atoms with Gasteiger partial charge in [0.05, 0.1) is 16.0 Å². The van der Waals surface area contributed by atoms with Gasteiger partial charge in [-0.1, -0.05) is 41.4 Å². The molecule has 0 radical (unpaired) electrons. The highest BCUT2D eigenvalue weighted by Gasteiger charge is 2.28. The molecule has 1 aromatic heterocycles. The van der Waals surface area contributed by atoms with Crippen LogP contribution in [-0.4, -0.2) is 18.2 Å². The molecule has 0 N–H and O–H groups in total. The first kappa shape index (κ1) is 18.9. The van der Waals surface area contributed by atoms with E-state index in [4.69, 9.17) is 11.6 Å². The van der Waals surface area contributed by atoms with E-state index in [1.54, 1.807) is 43.3 Å². The van der Waals surface area contributed by atoms with Crippen molar-refractivity contribution in [3.63, 3.8) is 0 Å². The first-order valence-corrected chi connectivity index (χ1v) is 9.86. The number of halogens is 1. The number of nitriles is 1. The van der Waals surface area contributed by atoms with Gasteiger partial charge in [0, 0.05) is 10.4 Å². The van der Waals surface area contributed by atoms with Crippen molar-refractivity contribution in [3.05, 3.63) is 76.5 Å². The lowest BCUT2D eigenvalue weighted by Gasteiger charge is -2.11. The predicted molar refractivity (Wildman–Crippen MR) is 104 cm³/mol. The molecule has 0 aliphatic rings. The molecule has 136 valence electrons. The number of Topliss-reactive ketones (excluding diaryl/α,β-unsaturated/α-hetero) is 1. The van der Waals surface area contributed by atoms with E-state index >= 15 is 0 Å². The highest BCUT2D eigenvalue weighted by atomic mass is 35.5. The zero-order valence-electron chi connectivity index (χ0n) is 14.6. The molecule has 0 saturated carbocycles. The fourth-order valence-electron chi connectivity index (χ4n) is 2.79. The Morgan fingerprint density at radius 1 is 1.19 bits per heavy atom. The summed E-state index contributed by atoms with van der Waals surface area (Å²) >= 11 is 6.21. The Kier molecular flexibility index (Phi) is 4.92. The fourth-order valence-corrected chi connectivity index (χ4v) is 4.52. The van der Waals surface area contributed by atoms with Gasteiger partial charge in [-0.05, 0) is 44.2 Å². The second-order valence-electron chi connectivity index (χ2n) is 5.93. The zero-order valence-corrected chi connectivity index (χ0v) is 16.2. The highest BCUT2D eigenvalue weighted by Crippen LogP contribution is 2.31. The van der Waals surface area contributed by atoms with E-state index in [-0.39, 0.29) is 21.7 Å². The number of allylic oxidation sites excluding steroid dienone is 2. The van der Waals surface area contributed by atoms with E-state index in [1.807, 2.05) is 6.92 Å². The highest BCUT2D eigenvalue weighted by molar-refractivity contribution is 7.90. The lowest BCUT2D eigenvalue weighted by molar-refractivity contribution is 0.103. The first-order chi connectivity index (χ1) is 12.8. The molecule has 0 unspecified atom stereocenters. The van der Waals surface area contributed by atoms with E-state index in [1.165, 1.54) is 24.3 Å². The number of hydrogen-bond acceptors (Lipinski definition) is 4. The van der Waals surface area contributed by atoms with Gasteiger partial charge in [-0.25, -0.2) is 12.4 Å². The maximum absolute atomic E-state index is 13.3. The standard InChI is InChI=1S/C20H15ClN2O3S/c1-3-14(12-22)20(24)19-11-16-17(21)5-4-6-18(16)23(19)27(25,26)15-9-7-13(2)8-10-15/h3-11H,1-2H3. The summed E-state index contributed by atoms with van der Waals surface area (Å²) in [5, 5.41) is 9.95. The summed E-state index contributed by atoms with van der Waals surface area (Å²) in [6, 6.07) is 14.3. The van der Waals surface area contributed by atoms with Gasteiger partial charge < -0.3 is 0 Å². The molecule has 2 aromatic carbocycles. The van der Waals surface area contributed by atoms with Crippen molar-refractivity contribution in [2.24, 2.45) is 0 Å². The predicted octanol–water partition coefficient (Wildman–Crippen LogP) is 4.49. The monoisotopic (exact) mass is 398 g/mol. The third-order valence-electron chi connectivity index (χ3n) is 4.19. The zero-order chi connectivity index (χ0) is 19.8. The molecule has 0 spiro atoms. The van der Waals surface area contributed by atoms with E-state index in [0.29, 0.717) is 10.4 Å². The maximum atomic E-state index is 13.3. The van der Waals surface area contributed by atoms with Crippen molar-refractivity contribution < 1.29 is 13.2 Å². The number of rotatable bonds is 4. The second kappa shape index (κ2) is 7.03. The summed E-state index contributed by atoms with van der Waals surface area (Å²) in [6.07, 6.45) is 1.35. The molecule has 0 saturated heterocycles. The van der Waals surface area contributed by atoms with Crippen LogP contribution in [0.25, 0.3) is 10.9 Å². The Labute approximate surface area is 162 Å². The van der Waals surface area contributed by atoms with Gasteiger partial charge in [0.2, 0.25) is 5.78 Å². The number of carbonyl (C=O) groups is 1. The largest absolute Gasteiger partial charge is 0.286 e. The van der Waals surface area contributed by atoms with Crippen LogP contribution in [0.4, 0.5) is 0 Å². The van der Waals surface area contributed by atoms with Crippen LogP contribution in [0.15, 0.2) is 65.1 Å². The molecule has 3 aromatic rings. The molecule has 0 atom stereocenters. The molecule has 27 heavy (non-hydrogen) atoms. The summed E-state index contributed by atoms with van der Waals surface area (Å²) in [5.41, 5.74) is 0.911. The van der Waals surface area contributed by atoms with Crippen LogP contribution in [0, 0.1) is 18.3 Å². The number of hydrogen-bond donors (Lipinski definition) is 0. The SMILES string of the molecule is CC=C(C#N)C(=O)c1cc2c(Cl)cccc2n1S(=O)(=O)c1ccc(C)cc1. The molecule has 1 heterocycles. The van der Waals surface area contributed by atoms with Crippen LogP contribution in [0.3, 0.4) is 0 Å². The molecule has 7 heteroatoms. The van der Waals surface area contributed by atoms with Crippen molar-refractivity contribution in [3.8, 4) is 6.07 Å². The summed E-state index contributed by atoms with van der Waals surface area (Å²) in [4.78, 5) is 12.9. The lowest BCUT2D eigenvalue weighted by Crippen LogP contribution is -2.19. The molecule has 0 amide bonds. The normalized spacial score (nSPS) is 12.1. The number of aryl methyl sites for hydroxylation is 1. The third-order valence-corrected chi connectivity index (χ3v) is 6.27. The number of aromatic nitrogens is 1. The Morgan fingerprint density at radius 2 is 1.85 bits per heavy atom. The fraction of sp³-hybridized carbons (Fsp3) is 0.100. The van der Waals surface area contributed by atoms with Crippen LogP contribution in [0.1, 0.15) is 23.0 Å². The van der Waals surface area contributed by atoms with Crippen molar-refractivity contribution in [2.45, 2.75) is 18.7 Å². The van der Waals surface area contributed by atoms with E-state index < -0.39 is 15.8 Å².